The Hall–Kier alpha value is -2.69. The smallest absolute Gasteiger partial charge is 0.305 e. The van der Waals surface area contributed by atoms with Gasteiger partial charge in [0.2, 0.25) is 12.4 Å². The van der Waals surface area contributed by atoms with Crippen LogP contribution in [0.4, 0.5) is 0 Å². The summed E-state index contributed by atoms with van der Waals surface area (Å²) >= 11 is 0. The van der Waals surface area contributed by atoms with Crippen molar-refractivity contribution in [2.45, 2.75) is 65.3 Å². The van der Waals surface area contributed by atoms with Crippen molar-refractivity contribution in [3.05, 3.63) is 0 Å². The predicted octanol–water partition coefficient (Wildman–Crippen LogP) is -0.367. The molecule has 0 aromatic heterocycles. The number of carbonyl (C=O) groups excluding carboxylic acids is 5. The highest BCUT2D eigenvalue weighted by Crippen LogP contribution is 2.29. The van der Waals surface area contributed by atoms with Crippen LogP contribution in [0.2, 0.25) is 0 Å². The Labute approximate surface area is 155 Å². The molecule has 1 saturated heterocycles. The lowest BCUT2D eigenvalue weighted by molar-refractivity contribution is -0.300. The molecule has 1 aliphatic rings. The Balaban J connectivity index is 3.29. The largest absolute Gasteiger partial charge is 0.463 e. The summed E-state index contributed by atoms with van der Waals surface area (Å²) < 4.78 is 30.8. The second kappa shape index (κ2) is 9.86. The Bertz CT molecular complexity index is 599. The molecule has 1 aliphatic heterocycles. The van der Waals surface area contributed by atoms with Crippen molar-refractivity contribution >= 4 is 29.8 Å². The molecule has 5 atom stereocenters. The fraction of sp³-hybridized carbons (Fsp3) is 0.688. The topological polar surface area (TPSA) is 141 Å². The van der Waals surface area contributed by atoms with E-state index in [9.17, 15) is 24.0 Å². The monoisotopic (exact) mass is 390 g/mol. The molecule has 0 spiro atoms. The first kappa shape index (κ1) is 22.4. The van der Waals surface area contributed by atoms with Crippen molar-refractivity contribution in [1.82, 2.24) is 0 Å². The Kier molecular flexibility index (Phi) is 8.16. The third-order valence-electron chi connectivity index (χ3n) is 3.23. The molecular formula is C16H22O11. The van der Waals surface area contributed by atoms with Gasteiger partial charge in [0.05, 0.1) is 0 Å². The van der Waals surface area contributed by atoms with Crippen LogP contribution in [0.3, 0.4) is 0 Å². The lowest BCUT2D eigenvalue weighted by Gasteiger charge is -2.43. The Morgan fingerprint density at radius 2 is 1.07 bits per heavy atom. The number of hydrogen-bond donors (Lipinski definition) is 0. The first-order valence-corrected chi connectivity index (χ1v) is 7.99. The van der Waals surface area contributed by atoms with Gasteiger partial charge in [0.1, 0.15) is 12.7 Å². The third kappa shape index (κ3) is 7.21. The van der Waals surface area contributed by atoms with Crippen LogP contribution in [-0.4, -0.2) is 67.2 Å². The second-order valence-corrected chi connectivity index (χ2v) is 5.68. The van der Waals surface area contributed by atoms with Crippen molar-refractivity contribution in [3.63, 3.8) is 0 Å². The highest BCUT2D eigenvalue weighted by Gasteiger charge is 2.53. The molecule has 11 nitrogen and oxygen atoms in total. The molecule has 0 amide bonds. The molecule has 0 N–H and O–H groups in total. The minimum Gasteiger partial charge on any atom is -0.463 e. The summed E-state index contributed by atoms with van der Waals surface area (Å²) in [4.78, 5) is 57.0. The van der Waals surface area contributed by atoms with Gasteiger partial charge in [-0.25, -0.2) is 0 Å². The van der Waals surface area contributed by atoms with E-state index in [0.717, 1.165) is 34.6 Å². The third-order valence-corrected chi connectivity index (χ3v) is 3.23. The number of rotatable bonds is 6. The zero-order valence-electron chi connectivity index (χ0n) is 15.6. The van der Waals surface area contributed by atoms with Crippen LogP contribution in [0.15, 0.2) is 0 Å². The molecule has 1 heterocycles. The van der Waals surface area contributed by atoms with E-state index in [4.69, 9.17) is 28.4 Å². The van der Waals surface area contributed by atoms with E-state index in [1.165, 1.54) is 0 Å². The van der Waals surface area contributed by atoms with Crippen LogP contribution in [0.25, 0.3) is 0 Å². The number of esters is 5. The highest BCUT2D eigenvalue weighted by atomic mass is 16.7. The van der Waals surface area contributed by atoms with E-state index in [1.54, 1.807) is 0 Å². The summed E-state index contributed by atoms with van der Waals surface area (Å²) in [5.74, 6) is -3.71. The number of carbonyl (C=O) groups is 5. The Morgan fingerprint density at radius 1 is 0.630 bits per heavy atom. The molecule has 0 radical (unpaired) electrons. The normalized spacial score (nSPS) is 27.1. The molecule has 1 rings (SSSR count). The first-order valence-electron chi connectivity index (χ1n) is 7.99. The Morgan fingerprint density at radius 3 is 1.52 bits per heavy atom. The van der Waals surface area contributed by atoms with E-state index in [1.807, 2.05) is 0 Å². The minimum absolute atomic E-state index is 0.393. The van der Waals surface area contributed by atoms with Gasteiger partial charge in [-0.15, -0.1) is 0 Å². The quantitative estimate of drug-likeness (QED) is 0.433. The van der Waals surface area contributed by atoms with Gasteiger partial charge in [0.25, 0.3) is 0 Å². The number of hydrogen-bond acceptors (Lipinski definition) is 11. The minimum atomic E-state index is -1.48. The lowest BCUT2D eigenvalue weighted by Crippen LogP contribution is -2.63. The molecule has 0 unspecified atom stereocenters. The fourth-order valence-electron chi connectivity index (χ4n) is 2.45. The average Bonchev–Trinajstić information content (AvgIpc) is 2.49. The van der Waals surface area contributed by atoms with Crippen molar-refractivity contribution in [3.8, 4) is 0 Å². The van der Waals surface area contributed by atoms with Crippen molar-refractivity contribution in [1.29, 1.82) is 0 Å². The van der Waals surface area contributed by atoms with Gasteiger partial charge in [-0.05, 0) is 0 Å². The first-order chi connectivity index (χ1) is 12.5. The molecule has 11 heteroatoms. The zero-order valence-corrected chi connectivity index (χ0v) is 15.6. The standard InChI is InChI=1S/C16H22O11/c1-7(17)22-6-12-13(23-8(2)18)14(24-9(3)19)15(25-10(4)20)16(27-12)26-11(5)21/h12-16H,6H2,1-5H3/t12-,13-,14-,15+,16+/m0/s1. The van der Waals surface area contributed by atoms with E-state index in [-0.39, 0.29) is 0 Å². The zero-order chi connectivity index (χ0) is 20.7. The molecule has 27 heavy (non-hydrogen) atoms. The van der Waals surface area contributed by atoms with Crippen LogP contribution in [-0.2, 0) is 52.4 Å². The van der Waals surface area contributed by atoms with E-state index in [2.05, 4.69) is 0 Å². The van der Waals surface area contributed by atoms with E-state index in [0.29, 0.717) is 0 Å². The van der Waals surface area contributed by atoms with Crippen molar-refractivity contribution in [2.24, 2.45) is 0 Å². The maximum Gasteiger partial charge on any atom is 0.305 e. The molecule has 1 fully saturated rings. The van der Waals surface area contributed by atoms with Crippen molar-refractivity contribution in [2.75, 3.05) is 6.61 Å². The second-order valence-electron chi connectivity index (χ2n) is 5.68. The predicted molar refractivity (Wildman–Crippen MR) is 83.7 cm³/mol. The van der Waals surface area contributed by atoms with Crippen LogP contribution >= 0.6 is 0 Å². The van der Waals surface area contributed by atoms with Gasteiger partial charge in [-0.3, -0.25) is 24.0 Å². The molecule has 0 aromatic carbocycles. The molecule has 0 saturated carbocycles. The highest BCUT2D eigenvalue weighted by molar-refractivity contribution is 5.69. The maximum atomic E-state index is 11.5. The van der Waals surface area contributed by atoms with Crippen LogP contribution in [0.1, 0.15) is 34.6 Å². The molecule has 0 aromatic rings. The fourth-order valence-corrected chi connectivity index (χ4v) is 2.45. The van der Waals surface area contributed by atoms with Crippen LogP contribution < -0.4 is 0 Å². The van der Waals surface area contributed by atoms with Gasteiger partial charge in [-0.2, -0.15) is 0 Å². The van der Waals surface area contributed by atoms with Gasteiger partial charge in [0, 0.05) is 34.6 Å². The van der Waals surface area contributed by atoms with Crippen molar-refractivity contribution < 1.29 is 52.4 Å². The average molecular weight is 390 g/mol. The van der Waals surface area contributed by atoms with E-state index < -0.39 is 67.2 Å². The summed E-state index contributed by atoms with van der Waals surface area (Å²) in [7, 11) is 0. The van der Waals surface area contributed by atoms with Gasteiger partial charge in [0.15, 0.2) is 12.2 Å². The SMILES string of the molecule is CC(=O)OC[C@@H]1O[C@@H](OC(C)=O)[C@H](OC(C)=O)[C@@H](OC(C)=O)[C@H]1OC(C)=O. The van der Waals surface area contributed by atoms with Gasteiger partial charge < -0.3 is 28.4 Å². The maximum absolute atomic E-state index is 11.5. The molecule has 0 bridgehead atoms. The summed E-state index contributed by atoms with van der Waals surface area (Å²) in [6.07, 6.45) is -6.70. The summed E-state index contributed by atoms with van der Waals surface area (Å²) in [5, 5.41) is 0. The molecular weight excluding hydrogens is 368 g/mol. The lowest BCUT2D eigenvalue weighted by atomic mass is 9.98. The van der Waals surface area contributed by atoms with Gasteiger partial charge >= 0.3 is 29.8 Å². The van der Waals surface area contributed by atoms with Crippen LogP contribution in [0.5, 0.6) is 0 Å². The summed E-state index contributed by atoms with van der Waals surface area (Å²) in [6, 6.07) is 0. The molecule has 152 valence electrons. The van der Waals surface area contributed by atoms with E-state index >= 15 is 0 Å². The number of ether oxygens (including phenoxy) is 6. The van der Waals surface area contributed by atoms with Gasteiger partial charge in [-0.1, -0.05) is 0 Å². The summed E-state index contributed by atoms with van der Waals surface area (Å²) in [6.45, 7) is 5.13. The van der Waals surface area contributed by atoms with Crippen LogP contribution in [0, 0.1) is 0 Å². The summed E-state index contributed by atoms with van der Waals surface area (Å²) in [5.41, 5.74) is 0. The molecule has 0 aliphatic carbocycles.